The van der Waals surface area contributed by atoms with Crippen LogP contribution in [0.15, 0.2) is 9.90 Å². The summed E-state index contributed by atoms with van der Waals surface area (Å²) in [4.78, 5) is 8.81. The van der Waals surface area contributed by atoms with Crippen LogP contribution in [0.1, 0.15) is 29.6 Å². The SMILES string of the molecule is Cc1nc(-c2nc(C3CCNCC3)no2)cs1. The zero-order valence-corrected chi connectivity index (χ0v) is 10.5. The Morgan fingerprint density at radius 2 is 2.18 bits per heavy atom. The molecule has 0 unspecified atom stereocenters. The predicted molar refractivity (Wildman–Crippen MR) is 65.0 cm³/mol. The summed E-state index contributed by atoms with van der Waals surface area (Å²) in [5.41, 5.74) is 0.792. The highest BCUT2D eigenvalue weighted by atomic mass is 32.1. The highest BCUT2D eigenvalue weighted by Gasteiger charge is 2.21. The molecule has 2 aromatic rings. The fourth-order valence-corrected chi connectivity index (χ4v) is 2.63. The Kier molecular flexibility index (Phi) is 2.90. The van der Waals surface area contributed by atoms with Gasteiger partial charge < -0.3 is 9.84 Å². The van der Waals surface area contributed by atoms with Crippen LogP contribution in [0.25, 0.3) is 11.6 Å². The number of piperidine rings is 1. The van der Waals surface area contributed by atoms with Crippen molar-refractivity contribution < 1.29 is 4.52 Å². The lowest BCUT2D eigenvalue weighted by Gasteiger charge is -2.18. The molecule has 0 bridgehead atoms. The summed E-state index contributed by atoms with van der Waals surface area (Å²) >= 11 is 1.60. The molecule has 6 heteroatoms. The van der Waals surface area contributed by atoms with Crippen LogP contribution < -0.4 is 5.32 Å². The van der Waals surface area contributed by atoms with E-state index in [1.54, 1.807) is 11.3 Å². The quantitative estimate of drug-likeness (QED) is 0.882. The molecule has 1 aliphatic heterocycles. The number of nitrogens with zero attached hydrogens (tertiary/aromatic N) is 3. The average molecular weight is 250 g/mol. The first-order chi connectivity index (χ1) is 8.33. The van der Waals surface area contributed by atoms with Crippen molar-refractivity contribution in [3.63, 3.8) is 0 Å². The van der Waals surface area contributed by atoms with Crippen LogP contribution in [0.2, 0.25) is 0 Å². The van der Waals surface area contributed by atoms with Crippen molar-refractivity contribution in [2.75, 3.05) is 13.1 Å². The standard InChI is InChI=1S/C11H14N4OS/c1-7-13-9(6-17-7)11-14-10(15-16-11)8-2-4-12-5-3-8/h6,8,12H,2-5H2,1H3. The van der Waals surface area contributed by atoms with E-state index in [0.29, 0.717) is 11.8 Å². The molecule has 1 saturated heterocycles. The van der Waals surface area contributed by atoms with Gasteiger partial charge in [-0.25, -0.2) is 4.98 Å². The van der Waals surface area contributed by atoms with Gasteiger partial charge >= 0.3 is 0 Å². The molecule has 17 heavy (non-hydrogen) atoms. The number of aryl methyl sites for hydroxylation is 1. The first kappa shape index (κ1) is 10.9. The summed E-state index contributed by atoms with van der Waals surface area (Å²) < 4.78 is 5.28. The van der Waals surface area contributed by atoms with E-state index in [2.05, 4.69) is 20.4 Å². The van der Waals surface area contributed by atoms with Crippen molar-refractivity contribution in [3.05, 3.63) is 16.2 Å². The summed E-state index contributed by atoms with van der Waals surface area (Å²) in [6.07, 6.45) is 2.16. The molecule has 2 aromatic heterocycles. The molecule has 90 valence electrons. The molecular weight excluding hydrogens is 236 g/mol. The third kappa shape index (κ3) is 2.23. The minimum atomic E-state index is 0.425. The monoisotopic (exact) mass is 250 g/mol. The molecule has 0 saturated carbocycles. The maximum Gasteiger partial charge on any atom is 0.277 e. The maximum atomic E-state index is 5.28. The van der Waals surface area contributed by atoms with Gasteiger partial charge in [-0.1, -0.05) is 5.16 Å². The highest BCUT2D eigenvalue weighted by molar-refractivity contribution is 7.09. The lowest BCUT2D eigenvalue weighted by atomic mass is 9.98. The van der Waals surface area contributed by atoms with Gasteiger partial charge in [0.25, 0.3) is 5.89 Å². The Labute approximate surface area is 103 Å². The second-order valence-electron chi connectivity index (χ2n) is 4.23. The Morgan fingerprint density at radius 1 is 1.35 bits per heavy atom. The van der Waals surface area contributed by atoms with E-state index in [1.807, 2.05) is 12.3 Å². The van der Waals surface area contributed by atoms with E-state index in [0.717, 1.165) is 42.5 Å². The lowest BCUT2D eigenvalue weighted by molar-refractivity contribution is 0.391. The van der Waals surface area contributed by atoms with Crippen molar-refractivity contribution in [3.8, 4) is 11.6 Å². The van der Waals surface area contributed by atoms with E-state index in [-0.39, 0.29) is 0 Å². The second-order valence-corrected chi connectivity index (χ2v) is 5.30. The number of thiazole rings is 1. The van der Waals surface area contributed by atoms with Crippen LogP contribution in [0.5, 0.6) is 0 Å². The number of nitrogens with one attached hydrogen (secondary N) is 1. The summed E-state index contributed by atoms with van der Waals surface area (Å²) in [6, 6.07) is 0. The van der Waals surface area contributed by atoms with Gasteiger partial charge in [0.05, 0.1) is 5.01 Å². The zero-order valence-electron chi connectivity index (χ0n) is 9.64. The molecule has 0 aliphatic carbocycles. The molecule has 0 atom stereocenters. The summed E-state index contributed by atoms with van der Waals surface area (Å²) in [6.45, 7) is 4.03. The summed E-state index contributed by atoms with van der Waals surface area (Å²) in [5, 5.41) is 10.4. The summed E-state index contributed by atoms with van der Waals surface area (Å²) in [5.74, 6) is 1.79. The predicted octanol–water partition coefficient (Wildman–Crippen LogP) is 1.97. The third-order valence-electron chi connectivity index (χ3n) is 2.98. The van der Waals surface area contributed by atoms with Crippen LogP contribution in [0.4, 0.5) is 0 Å². The topological polar surface area (TPSA) is 63.8 Å². The van der Waals surface area contributed by atoms with Crippen molar-refractivity contribution in [1.29, 1.82) is 0 Å². The van der Waals surface area contributed by atoms with Crippen molar-refractivity contribution in [2.24, 2.45) is 0 Å². The van der Waals surface area contributed by atoms with Gasteiger partial charge in [0.15, 0.2) is 5.82 Å². The minimum absolute atomic E-state index is 0.425. The van der Waals surface area contributed by atoms with Gasteiger partial charge in [0, 0.05) is 11.3 Å². The molecule has 0 aromatic carbocycles. The fraction of sp³-hybridized carbons (Fsp3) is 0.545. The highest BCUT2D eigenvalue weighted by Crippen LogP contribution is 2.26. The molecule has 3 heterocycles. The molecule has 5 nitrogen and oxygen atoms in total. The number of rotatable bonds is 2. The van der Waals surface area contributed by atoms with Crippen LogP contribution >= 0.6 is 11.3 Å². The van der Waals surface area contributed by atoms with Crippen molar-refractivity contribution >= 4 is 11.3 Å². The number of hydrogen-bond donors (Lipinski definition) is 1. The van der Waals surface area contributed by atoms with Gasteiger partial charge in [-0.05, 0) is 32.9 Å². The van der Waals surface area contributed by atoms with Crippen molar-refractivity contribution in [1.82, 2.24) is 20.4 Å². The Balaban J connectivity index is 1.82. The van der Waals surface area contributed by atoms with E-state index in [1.165, 1.54) is 0 Å². The van der Waals surface area contributed by atoms with E-state index < -0.39 is 0 Å². The largest absolute Gasteiger partial charge is 0.332 e. The van der Waals surface area contributed by atoms with Crippen molar-refractivity contribution in [2.45, 2.75) is 25.7 Å². The van der Waals surface area contributed by atoms with E-state index >= 15 is 0 Å². The minimum Gasteiger partial charge on any atom is -0.332 e. The molecule has 1 fully saturated rings. The molecule has 0 radical (unpaired) electrons. The molecule has 3 rings (SSSR count). The summed E-state index contributed by atoms with van der Waals surface area (Å²) in [7, 11) is 0. The first-order valence-electron chi connectivity index (χ1n) is 5.80. The van der Waals surface area contributed by atoms with Gasteiger partial charge in [0.2, 0.25) is 0 Å². The van der Waals surface area contributed by atoms with Gasteiger partial charge in [0.1, 0.15) is 5.69 Å². The Bertz CT molecular complexity index is 501. The fourth-order valence-electron chi connectivity index (χ4n) is 2.05. The van der Waals surface area contributed by atoms with Gasteiger partial charge in [-0.2, -0.15) is 4.98 Å². The van der Waals surface area contributed by atoms with Crippen LogP contribution in [-0.2, 0) is 0 Å². The third-order valence-corrected chi connectivity index (χ3v) is 3.76. The normalized spacial score (nSPS) is 17.5. The number of aromatic nitrogens is 3. The molecule has 1 N–H and O–H groups in total. The molecule has 0 amide bonds. The molecule has 1 aliphatic rings. The smallest absolute Gasteiger partial charge is 0.277 e. The van der Waals surface area contributed by atoms with E-state index in [9.17, 15) is 0 Å². The lowest BCUT2D eigenvalue weighted by Crippen LogP contribution is -2.27. The Hall–Kier alpha value is -1.27. The average Bonchev–Trinajstić information content (AvgIpc) is 2.98. The molecule has 0 spiro atoms. The maximum absolute atomic E-state index is 5.28. The Morgan fingerprint density at radius 3 is 2.88 bits per heavy atom. The van der Waals surface area contributed by atoms with Crippen LogP contribution in [-0.4, -0.2) is 28.2 Å². The van der Waals surface area contributed by atoms with E-state index in [4.69, 9.17) is 4.52 Å². The van der Waals surface area contributed by atoms with Crippen LogP contribution in [0, 0.1) is 6.92 Å². The first-order valence-corrected chi connectivity index (χ1v) is 6.68. The molecular formula is C11H14N4OS. The number of hydrogen-bond acceptors (Lipinski definition) is 6. The van der Waals surface area contributed by atoms with Gasteiger partial charge in [-0.3, -0.25) is 0 Å². The zero-order chi connectivity index (χ0) is 11.7. The second kappa shape index (κ2) is 4.54. The van der Waals surface area contributed by atoms with Crippen LogP contribution in [0.3, 0.4) is 0 Å². The van der Waals surface area contributed by atoms with Gasteiger partial charge in [-0.15, -0.1) is 11.3 Å².